The van der Waals surface area contributed by atoms with E-state index < -0.39 is 0 Å². The molecule has 3 atom stereocenters. The third-order valence-corrected chi connectivity index (χ3v) is 6.21. The van der Waals surface area contributed by atoms with Crippen LogP contribution in [0.3, 0.4) is 0 Å². The van der Waals surface area contributed by atoms with Crippen molar-refractivity contribution in [3.8, 4) is 0 Å². The topological polar surface area (TPSA) is 28.2 Å². The van der Waals surface area contributed by atoms with Gasteiger partial charge in [0, 0.05) is 31.9 Å². The van der Waals surface area contributed by atoms with Gasteiger partial charge in [0.15, 0.2) is 0 Å². The fourth-order valence-electron chi connectivity index (χ4n) is 4.80. The van der Waals surface area contributed by atoms with Crippen molar-refractivity contribution in [2.75, 3.05) is 24.5 Å². The zero-order valence-corrected chi connectivity index (χ0v) is 16.6. The summed E-state index contributed by atoms with van der Waals surface area (Å²) >= 11 is 0. The molecule has 1 N–H and O–H groups in total. The molecule has 0 amide bonds. The van der Waals surface area contributed by atoms with Gasteiger partial charge >= 0.3 is 0 Å². The number of nitrogens with one attached hydrogen (secondary N) is 1. The predicted molar refractivity (Wildman–Crippen MR) is 108 cm³/mol. The van der Waals surface area contributed by atoms with Crippen LogP contribution in [0.5, 0.6) is 0 Å². The molecule has 0 bridgehead atoms. The summed E-state index contributed by atoms with van der Waals surface area (Å²) in [5, 5.41) is 3.76. The van der Waals surface area contributed by atoms with E-state index in [4.69, 9.17) is 0 Å². The van der Waals surface area contributed by atoms with Crippen LogP contribution in [0.25, 0.3) is 0 Å². The van der Waals surface area contributed by atoms with Crippen LogP contribution in [0.4, 0.5) is 10.1 Å². The highest BCUT2D eigenvalue weighted by molar-refractivity contribution is 5.48. The van der Waals surface area contributed by atoms with Crippen LogP contribution >= 0.6 is 0 Å². The lowest BCUT2D eigenvalue weighted by Gasteiger charge is -2.32. The van der Waals surface area contributed by atoms with Gasteiger partial charge in [-0.25, -0.2) is 4.39 Å². The first kappa shape index (κ1) is 18.4. The van der Waals surface area contributed by atoms with E-state index in [0.29, 0.717) is 17.4 Å². The highest BCUT2D eigenvalue weighted by Crippen LogP contribution is 2.40. The highest BCUT2D eigenvalue weighted by Gasteiger charge is 2.46. The van der Waals surface area contributed by atoms with Crippen LogP contribution in [0.15, 0.2) is 42.7 Å². The van der Waals surface area contributed by atoms with Crippen molar-refractivity contribution in [2.45, 2.75) is 39.7 Å². The Hall–Kier alpha value is -1.94. The molecule has 1 aromatic heterocycles. The lowest BCUT2D eigenvalue weighted by Crippen LogP contribution is -2.42. The predicted octanol–water partition coefficient (Wildman–Crippen LogP) is 4.08. The van der Waals surface area contributed by atoms with Gasteiger partial charge in [-0.1, -0.05) is 32.9 Å². The Morgan fingerprint density at radius 1 is 1.07 bits per heavy atom. The lowest BCUT2D eigenvalue weighted by molar-refractivity contribution is 0.240. The zero-order chi connectivity index (χ0) is 19.0. The number of rotatable bonds is 4. The summed E-state index contributed by atoms with van der Waals surface area (Å²) in [7, 11) is 0. The van der Waals surface area contributed by atoms with Crippen LogP contribution in [-0.2, 0) is 12.8 Å². The van der Waals surface area contributed by atoms with E-state index in [1.165, 1.54) is 23.4 Å². The van der Waals surface area contributed by atoms with Crippen molar-refractivity contribution >= 4 is 5.69 Å². The summed E-state index contributed by atoms with van der Waals surface area (Å²) in [6.07, 6.45) is 5.80. The number of fused-ring (bicyclic) bond motifs is 1. The Kier molecular flexibility index (Phi) is 4.94. The van der Waals surface area contributed by atoms with Crippen LogP contribution in [0.2, 0.25) is 0 Å². The first-order chi connectivity index (χ1) is 12.9. The van der Waals surface area contributed by atoms with Gasteiger partial charge in [-0.3, -0.25) is 4.98 Å². The summed E-state index contributed by atoms with van der Waals surface area (Å²) in [5.41, 5.74) is 3.95. The molecule has 1 aromatic carbocycles. The number of benzene rings is 1. The first-order valence-electron chi connectivity index (χ1n) is 10.1. The van der Waals surface area contributed by atoms with Crippen molar-refractivity contribution < 1.29 is 4.39 Å². The third kappa shape index (κ3) is 4.01. The van der Waals surface area contributed by atoms with Crippen molar-refractivity contribution in [3.63, 3.8) is 0 Å². The molecule has 4 heteroatoms. The van der Waals surface area contributed by atoms with E-state index in [2.05, 4.69) is 42.0 Å². The molecule has 0 aliphatic carbocycles. The average molecular weight is 368 g/mol. The van der Waals surface area contributed by atoms with Crippen molar-refractivity contribution in [1.29, 1.82) is 0 Å². The van der Waals surface area contributed by atoms with Crippen LogP contribution in [-0.4, -0.2) is 30.7 Å². The average Bonchev–Trinajstić information content (AvgIpc) is 3.21. The Morgan fingerprint density at radius 3 is 2.56 bits per heavy atom. The summed E-state index contributed by atoms with van der Waals surface area (Å²) in [5.74, 6) is 1.27. The molecule has 3 heterocycles. The fourth-order valence-corrected chi connectivity index (χ4v) is 4.80. The highest BCUT2D eigenvalue weighted by atomic mass is 19.1. The first-order valence-corrected chi connectivity index (χ1v) is 10.1. The molecule has 2 aliphatic rings. The molecular formula is C23H30FN3. The van der Waals surface area contributed by atoms with Gasteiger partial charge in [-0.15, -0.1) is 0 Å². The molecule has 0 saturated carbocycles. The number of aromatic nitrogens is 1. The van der Waals surface area contributed by atoms with E-state index in [1.54, 1.807) is 0 Å². The van der Waals surface area contributed by atoms with Gasteiger partial charge in [0.1, 0.15) is 5.82 Å². The maximum Gasteiger partial charge on any atom is 0.123 e. The summed E-state index contributed by atoms with van der Waals surface area (Å²) in [4.78, 5) is 7.02. The van der Waals surface area contributed by atoms with E-state index in [9.17, 15) is 4.39 Å². The van der Waals surface area contributed by atoms with Gasteiger partial charge in [0.2, 0.25) is 0 Å². The van der Waals surface area contributed by atoms with Crippen LogP contribution < -0.4 is 10.2 Å². The minimum atomic E-state index is -0.176. The van der Waals surface area contributed by atoms with Crippen LogP contribution in [0.1, 0.15) is 31.9 Å². The normalized spacial score (nSPS) is 25.0. The Morgan fingerprint density at radius 2 is 1.81 bits per heavy atom. The molecule has 2 aromatic rings. The van der Waals surface area contributed by atoms with Crippen molar-refractivity contribution in [3.05, 3.63) is 59.7 Å². The van der Waals surface area contributed by atoms with Crippen LogP contribution in [0, 0.1) is 23.1 Å². The minimum absolute atomic E-state index is 0.176. The number of pyridine rings is 1. The van der Waals surface area contributed by atoms with Gasteiger partial charge in [-0.05, 0) is 59.4 Å². The van der Waals surface area contributed by atoms with E-state index in [0.717, 1.165) is 44.0 Å². The number of anilines is 1. The van der Waals surface area contributed by atoms with Crippen molar-refractivity contribution in [1.82, 2.24) is 10.3 Å². The standard InChI is InChI=1S/C23H30FN3/c1-23(2,3)22-21-15-27(14-18(21)12-26-22)20-10-17(11-25-13-20)5-4-16-6-8-19(24)9-7-16/h6-11,13,18,21-22,26H,4-5,12,14-15H2,1-3H3/t18-,21-,22?/m1/s1. The molecule has 0 radical (unpaired) electrons. The summed E-state index contributed by atoms with van der Waals surface area (Å²) < 4.78 is 13.1. The molecule has 27 heavy (non-hydrogen) atoms. The molecule has 2 aliphatic heterocycles. The van der Waals surface area contributed by atoms with Gasteiger partial charge in [0.25, 0.3) is 0 Å². The van der Waals surface area contributed by atoms with Gasteiger partial charge in [-0.2, -0.15) is 0 Å². The zero-order valence-electron chi connectivity index (χ0n) is 16.6. The molecule has 3 nitrogen and oxygen atoms in total. The Labute approximate surface area is 162 Å². The van der Waals surface area contributed by atoms with E-state index >= 15 is 0 Å². The monoisotopic (exact) mass is 367 g/mol. The lowest BCUT2D eigenvalue weighted by atomic mass is 9.78. The quantitative estimate of drug-likeness (QED) is 0.883. The largest absolute Gasteiger partial charge is 0.370 e. The number of hydrogen-bond acceptors (Lipinski definition) is 3. The maximum absolute atomic E-state index is 13.1. The maximum atomic E-state index is 13.1. The summed E-state index contributed by atoms with van der Waals surface area (Å²) in [6.45, 7) is 10.4. The number of halogens is 1. The number of aryl methyl sites for hydroxylation is 2. The third-order valence-electron chi connectivity index (χ3n) is 6.21. The van der Waals surface area contributed by atoms with Gasteiger partial charge < -0.3 is 10.2 Å². The Bertz CT molecular complexity index is 781. The SMILES string of the molecule is CC(C)(C)C1NC[C@@H]2CN(c3cncc(CCc4ccc(F)cc4)c3)C[C@@H]12. The summed E-state index contributed by atoms with van der Waals surface area (Å²) in [6, 6.07) is 9.68. The Balaban J connectivity index is 1.42. The smallest absolute Gasteiger partial charge is 0.123 e. The fraction of sp³-hybridized carbons (Fsp3) is 0.522. The van der Waals surface area contributed by atoms with E-state index in [-0.39, 0.29) is 5.82 Å². The molecule has 1 unspecified atom stereocenters. The molecule has 2 fully saturated rings. The molecular weight excluding hydrogens is 337 g/mol. The molecule has 4 rings (SSSR count). The molecule has 2 saturated heterocycles. The second kappa shape index (κ2) is 7.23. The number of nitrogens with zero attached hydrogens (tertiary/aromatic N) is 2. The van der Waals surface area contributed by atoms with Gasteiger partial charge in [0.05, 0.1) is 11.9 Å². The minimum Gasteiger partial charge on any atom is -0.370 e. The van der Waals surface area contributed by atoms with Crippen molar-refractivity contribution in [2.24, 2.45) is 17.3 Å². The number of hydrogen-bond donors (Lipinski definition) is 1. The second-order valence-electron chi connectivity index (χ2n) is 9.26. The van der Waals surface area contributed by atoms with E-state index in [1.807, 2.05) is 24.5 Å². The molecule has 0 spiro atoms. The molecule has 144 valence electrons. The second-order valence-corrected chi connectivity index (χ2v) is 9.26.